The van der Waals surface area contributed by atoms with E-state index in [-0.39, 0.29) is 24.5 Å². The van der Waals surface area contributed by atoms with Gasteiger partial charge in [0.15, 0.2) is 0 Å². The van der Waals surface area contributed by atoms with Gasteiger partial charge in [0.05, 0.1) is 5.56 Å². The van der Waals surface area contributed by atoms with Gasteiger partial charge in [0.2, 0.25) is 0 Å². The molecule has 0 atom stereocenters. The van der Waals surface area contributed by atoms with Gasteiger partial charge in [-0.2, -0.15) is 13.2 Å². The summed E-state index contributed by atoms with van der Waals surface area (Å²) in [6.07, 6.45) is -4.51. The van der Waals surface area contributed by atoms with Gasteiger partial charge in [0.25, 0.3) is 0 Å². The maximum absolute atomic E-state index is 12.8. The van der Waals surface area contributed by atoms with Gasteiger partial charge in [0, 0.05) is 12.1 Å². The van der Waals surface area contributed by atoms with Crippen molar-refractivity contribution in [2.75, 3.05) is 0 Å². The minimum absolute atomic E-state index is 0. The third kappa shape index (κ3) is 2.85. The third-order valence-electron chi connectivity index (χ3n) is 1.60. The second-order valence-corrected chi connectivity index (χ2v) is 2.51. The average Bonchev–Trinajstić information content (AvgIpc) is 2.02. The van der Waals surface area contributed by atoms with Crippen LogP contribution in [0.4, 0.5) is 17.6 Å². The van der Waals surface area contributed by atoms with Crippen LogP contribution in [-0.2, 0) is 12.7 Å². The first-order valence-corrected chi connectivity index (χ1v) is 3.51. The summed E-state index contributed by atoms with van der Waals surface area (Å²) in [4.78, 5) is 0. The molecule has 0 saturated carbocycles. The number of halogens is 5. The number of nitrogens with two attached hydrogens (primary N) is 1. The molecule has 0 aromatic heterocycles. The van der Waals surface area contributed by atoms with E-state index in [9.17, 15) is 17.6 Å². The van der Waals surface area contributed by atoms with Crippen LogP contribution in [-0.4, -0.2) is 0 Å². The topological polar surface area (TPSA) is 26.0 Å². The Kier molecular flexibility index (Phi) is 4.35. The van der Waals surface area contributed by atoms with Crippen LogP contribution in [0.1, 0.15) is 11.1 Å². The molecule has 0 aliphatic heterocycles. The van der Waals surface area contributed by atoms with Crippen molar-refractivity contribution in [2.45, 2.75) is 12.7 Å². The van der Waals surface area contributed by atoms with Crippen molar-refractivity contribution in [3.8, 4) is 0 Å². The summed E-state index contributed by atoms with van der Waals surface area (Å²) in [5, 5.41) is 0. The van der Waals surface area contributed by atoms with Gasteiger partial charge in [-0.15, -0.1) is 12.4 Å². The highest BCUT2D eigenvalue weighted by Gasteiger charge is 2.30. The number of hydrogen-bond donors (Lipinski definition) is 1. The molecule has 0 fully saturated rings. The molecule has 0 unspecified atom stereocenters. The van der Waals surface area contributed by atoms with Crippen LogP contribution in [0.15, 0.2) is 18.2 Å². The molecule has 1 rings (SSSR count). The fourth-order valence-corrected chi connectivity index (χ4v) is 0.889. The van der Waals surface area contributed by atoms with E-state index in [0.29, 0.717) is 6.07 Å². The normalized spacial score (nSPS) is 10.9. The molecule has 6 heteroatoms. The highest BCUT2D eigenvalue weighted by molar-refractivity contribution is 5.85. The van der Waals surface area contributed by atoms with E-state index in [1.165, 1.54) is 0 Å². The van der Waals surface area contributed by atoms with Crippen LogP contribution < -0.4 is 5.73 Å². The summed E-state index contributed by atoms with van der Waals surface area (Å²) in [7, 11) is 0. The lowest BCUT2D eigenvalue weighted by molar-refractivity contribution is -0.137. The van der Waals surface area contributed by atoms with Gasteiger partial charge in [0.1, 0.15) is 5.82 Å². The fourth-order valence-electron chi connectivity index (χ4n) is 0.889. The molecule has 80 valence electrons. The predicted octanol–water partition coefficient (Wildman–Crippen LogP) is 2.73. The molecule has 0 heterocycles. The number of benzene rings is 1. The Morgan fingerprint density at radius 1 is 1.21 bits per heavy atom. The summed E-state index contributed by atoms with van der Waals surface area (Å²) in [5.74, 6) is -0.919. The van der Waals surface area contributed by atoms with Crippen LogP contribution in [0.3, 0.4) is 0 Å². The monoisotopic (exact) mass is 229 g/mol. The second-order valence-electron chi connectivity index (χ2n) is 2.51. The molecular formula is C8H8ClF4N. The summed E-state index contributed by atoms with van der Waals surface area (Å²) >= 11 is 0. The summed E-state index contributed by atoms with van der Waals surface area (Å²) < 4.78 is 48.8. The smallest absolute Gasteiger partial charge is 0.326 e. The Bertz CT molecular complexity index is 311. The molecule has 2 N–H and O–H groups in total. The minimum Gasteiger partial charge on any atom is -0.326 e. The van der Waals surface area contributed by atoms with E-state index in [1.807, 2.05) is 0 Å². The summed E-state index contributed by atoms with van der Waals surface area (Å²) in [5.41, 5.74) is 4.17. The van der Waals surface area contributed by atoms with E-state index >= 15 is 0 Å². The van der Waals surface area contributed by atoms with Crippen molar-refractivity contribution in [2.24, 2.45) is 5.73 Å². The average molecular weight is 230 g/mol. The first-order valence-electron chi connectivity index (χ1n) is 3.51. The highest BCUT2D eigenvalue weighted by Crippen LogP contribution is 2.29. The molecule has 1 aromatic rings. The molecule has 1 nitrogen and oxygen atoms in total. The van der Waals surface area contributed by atoms with Gasteiger partial charge >= 0.3 is 6.18 Å². The zero-order chi connectivity index (χ0) is 10.1. The molecule has 0 aliphatic carbocycles. The quantitative estimate of drug-likeness (QED) is 0.737. The maximum Gasteiger partial charge on any atom is 0.416 e. The van der Waals surface area contributed by atoms with Gasteiger partial charge in [-0.1, -0.05) is 6.07 Å². The fraction of sp³-hybridized carbons (Fsp3) is 0.250. The molecule has 0 aliphatic rings. The zero-order valence-electron chi connectivity index (χ0n) is 6.94. The summed E-state index contributed by atoms with van der Waals surface area (Å²) in [6.45, 7) is -0.107. The predicted molar refractivity (Wildman–Crippen MR) is 46.5 cm³/mol. The standard InChI is InChI=1S/C8H7F4N.ClH/c9-7-3-6(8(10,11)12)2-1-5(7)4-13;/h1-3H,4,13H2;1H. The lowest BCUT2D eigenvalue weighted by atomic mass is 10.1. The largest absolute Gasteiger partial charge is 0.416 e. The summed E-state index contributed by atoms with van der Waals surface area (Å²) in [6, 6.07) is 2.30. The number of hydrogen-bond acceptors (Lipinski definition) is 1. The molecule has 1 aromatic carbocycles. The van der Waals surface area contributed by atoms with Crippen LogP contribution in [0.25, 0.3) is 0 Å². The Labute approximate surface area is 84.3 Å². The van der Waals surface area contributed by atoms with Crippen molar-refractivity contribution < 1.29 is 17.6 Å². The number of rotatable bonds is 1. The molecular weight excluding hydrogens is 222 g/mol. The Morgan fingerprint density at radius 3 is 2.14 bits per heavy atom. The van der Waals surface area contributed by atoms with Crippen molar-refractivity contribution in [3.05, 3.63) is 35.1 Å². The molecule has 0 bridgehead atoms. The van der Waals surface area contributed by atoms with E-state index in [2.05, 4.69) is 0 Å². The van der Waals surface area contributed by atoms with Crippen LogP contribution >= 0.6 is 12.4 Å². The zero-order valence-corrected chi connectivity index (χ0v) is 7.75. The van der Waals surface area contributed by atoms with Gasteiger partial charge in [-0.25, -0.2) is 4.39 Å². The van der Waals surface area contributed by atoms with Crippen molar-refractivity contribution in [1.82, 2.24) is 0 Å². The van der Waals surface area contributed by atoms with E-state index in [4.69, 9.17) is 5.73 Å². The maximum atomic E-state index is 12.8. The lowest BCUT2D eigenvalue weighted by Crippen LogP contribution is -2.07. The Hall–Kier alpha value is -0.810. The van der Waals surface area contributed by atoms with Gasteiger partial charge in [-0.3, -0.25) is 0 Å². The molecule has 0 amide bonds. The van der Waals surface area contributed by atoms with Crippen molar-refractivity contribution >= 4 is 12.4 Å². The van der Waals surface area contributed by atoms with E-state index in [1.54, 1.807) is 0 Å². The van der Waals surface area contributed by atoms with Crippen LogP contribution in [0, 0.1) is 5.82 Å². The van der Waals surface area contributed by atoms with Gasteiger partial charge < -0.3 is 5.73 Å². The molecule has 14 heavy (non-hydrogen) atoms. The third-order valence-corrected chi connectivity index (χ3v) is 1.60. The van der Waals surface area contributed by atoms with Crippen LogP contribution in [0.5, 0.6) is 0 Å². The Morgan fingerprint density at radius 2 is 1.79 bits per heavy atom. The lowest BCUT2D eigenvalue weighted by Gasteiger charge is -2.07. The molecule has 0 spiro atoms. The van der Waals surface area contributed by atoms with Crippen LogP contribution in [0.2, 0.25) is 0 Å². The number of alkyl halides is 3. The second kappa shape index (κ2) is 4.61. The first kappa shape index (κ1) is 13.2. The SMILES string of the molecule is Cl.NCc1ccc(C(F)(F)F)cc1F. The minimum atomic E-state index is -4.51. The Balaban J connectivity index is 0.00000169. The highest BCUT2D eigenvalue weighted by atomic mass is 35.5. The van der Waals surface area contributed by atoms with Crippen molar-refractivity contribution in [3.63, 3.8) is 0 Å². The van der Waals surface area contributed by atoms with E-state index < -0.39 is 17.6 Å². The van der Waals surface area contributed by atoms with Gasteiger partial charge in [-0.05, 0) is 12.1 Å². The van der Waals surface area contributed by atoms with Crippen molar-refractivity contribution in [1.29, 1.82) is 0 Å². The molecule has 0 radical (unpaired) electrons. The molecule has 0 saturated heterocycles. The first-order chi connectivity index (χ1) is 5.95. The van der Waals surface area contributed by atoms with E-state index in [0.717, 1.165) is 12.1 Å².